The summed E-state index contributed by atoms with van der Waals surface area (Å²) >= 11 is 0. The maximum absolute atomic E-state index is 10.6. The lowest BCUT2D eigenvalue weighted by molar-refractivity contribution is -0.427. The van der Waals surface area contributed by atoms with Gasteiger partial charge in [0.25, 0.3) is 6.47 Å². The Bertz CT molecular complexity index is 344. The molecule has 1 spiro atoms. The van der Waals surface area contributed by atoms with Crippen LogP contribution in [0.5, 0.6) is 0 Å². The number of carbonyl (C=O) groups is 1. The molecule has 1 heterocycles. The van der Waals surface area contributed by atoms with Gasteiger partial charge in [-0.1, -0.05) is 13.8 Å². The summed E-state index contributed by atoms with van der Waals surface area (Å²) in [7, 11) is 0. The van der Waals surface area contributed by atoms with Gasteiger partial charge in [0, 0.05) is 0 Å². The minimum Gasteiger partial charge on any atom is -0.458 e. The third kappa shape index (κ3) is 1.98. The van der Waals surface area contributed by atoms with Gasteiger partial charge in [0.1, 0.15) is 18.3 Å². The van der Waals surface area contributed by atoms with E-state index in [4.69, 9.17) is 14.2 Å². The van der Waals surface area contributed by atoms with Crippen LogP contribution in [0.2, 0.25) is 0 Å². The van der Waals surface area contributed by atoms with Crippen molar-refractivity contribution in [3.63, 3.8) is 0 Å². The highest BCUT2D eigenvalue weighted by Crippen LogP contribution is 2.52. The Kier molecular flexibility index (Phi) is 3.88. The molecule has 2 unspecified atom stereocenters. The highest BCUT2D eigenvalue weighted by molar-refractivity contribution is 5.40. The molecule has 6 atom stereocenters. The van der Waals surface area contributed by atoms with Crippen molar-refractivity contribution in [1.29, 1.82) is 0 Å². The molecule has 6 nitrogen and oxygen atoms in total. The van der Waals surface area contributed by atoms with E-state index in [-0.39, 0.29) is 18.1 Å². The summed E-state index contributed by atoms with van der Waals surface area (Å²) in [5.74, 6) is 0.120. The summed E-state index contributed by atoms with van der Waals surface area (Å²) in [4.78, 5) is 10.6. The maximum Gasteiger partial charge on any atom is 0.293 e. The van der Waals surface area contributed by atoms with Crippen molar-refractivity contribution in [3.05, 3.63) is 0 Å². The first-order valence-corrected chi connectivity index (χ1v) is 6.64. The van der Waals surface area contributed by atoms with Gasteiger partial charge < -0.3 is 24.4 Å². The standard InChI is InChI=1S/C13H22O6/c1-6(2)8-10(15)13(19-8)11(16)9(18-7(3)4)12(13)17-5-14/h5-12,15-16H,1-4H3/t8-,9-,10?,11+,12?,13+/m0/s1. The molecule has 2 N–H and O–H groups in total. The van der Waals surface area contributed by atoms with E-state index in [2.05, 4.69) is 0 Å². The van der Waals surface area contributed by atoms with E-state index in [0.717, 1.165) is 0 Å². The topological polar surface area (TPSA) is 85.2 Å². The fraction of sp³-hybridized carbons (Fsp3) is 0.923. The Hall–Kier alpha value is -0.690. The lowest BCUT2D eigenvalue weighted by Crippen LogP contribution is -2.88. The predicted molar refractivity (Wildman–Crippen MR) is 65.4 cm³/mol. The van der Waals surface area contributed by atoms with Gasteiger partial charge in [-0.2, -0.15) is 0 Å². The fourth-order valence-corrected chi connectivity index (χ4v) is 2.97. The van der Waals surface area contributed by atoms with E-state index in [1.807, 2.05) is 27.7 Å². The molecule has 110 valence electrons. The van der Waals surface area contributed by atoms with Crippen LogP contribution in [-0.2, 0) is 19.0 Å². The van der Waals surface area contributed by atoms with Crippen LogP contribution in [0.15, 0.2) is 0 Å². The average molecular weight is 274 g/mol. The van der Waals surface area contributed by atoms with Gasteiger partial charge >= 0.3 is 0 Å². The van der Waals surface area contributed by atoms with E-state index in [1.165, 1.54) is 0 Å². The van der Waals surface area contributed by atoms with Crippen LogP contribution >= 0.6 is 0 Å². The third-order valence-corrected chi connectivity index (χ3v) is 3.92. The van der Waals surface area contributed by atoms with Gasteiger partial charge in [-0.25, -0.2) is 0 Å². The van der Waals surface area contributed by atoms with Crippen LogP contribution in [-0.4, -0.2) is 58.9 Å². The molecule has 0 amide bonds. The minimum atomic E-state index is -1.23. The lowest BCUT2D eigenvalue weighted by Gasteiger charge is -2.66. The van der Waals surface area contributed by atoms with Crippen molar-refractivity contribution in [2.75, 3.05) is 0 Å². The summed E-state index contributed by atoms with van der Waals surface area (Å²) in [6.45, 7) is 7.79. The van der Waals surface area contributed by atoms with Gasteiger partial charge in [-0.3, -0.25) is 4.79 Å². The molecule has 0 aromatic carbocycles. The van der Waals surface area contributed by atoms with Crippen LogP contribution in [0.25, 0.3) is 0 Å². The van der Waals surface area contributed by atoms with Gasteiger partial charge in [-0.05, 0) is 19.8 Å². The predicted octanol–water partition coefficient (Wildman–Crippen LogP) is -0.149. The van der Waals surface area contributed by atoms with Crippen molar-refractivity contribution in [3.8, 4) is 0 Å². The van der Waals surface area contributed by atoms with E-state index >= 15 is 0 Å². The van der Waals surface area contributed by atoms with E-state index < -0.39 is 30.0 Å². The zero-order valence-electron chi connectivity index (χ0n) is 11.6. The second kappa shape index (κ2) is 5.01. The molecule has 0 aromatic rings. The summed E-state index contributed by atoms with van der Waals surface area (Å²) in [6, 6.07) is 0. The van der Waals surface area contributed by atoms with Crippen LogP contribution in [0.1, 0.15) is 27.7 Å². The molecule has 2 fully saturated rings. The lowest BCUT2D eigenvalue weighted by atomic mass is 9.61. The molecule has 1 aliphatic heterocycles. The molecule has 0 bridgehead atoms. The molecule has 0 radical (unpaired) electrons. The normalized spacial score (nSPS) is 45.2. The molecule has 6 heteroatoms. The van der Waals surface area contributed by atoms with Crippen LogP contribution in [0.4, 0.5) is 0 Å². The molecular weight excluding hydrogens is 252 g/mol. The fourth-order valence-electron chi connectivity index (χ4n) is 2.97. The average Bonchev–Trinajstić information content (AvgIpc) is 2.33. The molecular formula is C13H22O6. The molecule has 19 heavy (non-hydrogen) atoms. The molecule has 1 aliphatic carbocycles. The number of ether oxygens (including phenoxy) is 3. The second-order valence-corrected chi connectivity index (χ2v) is 5.87. The molecule has 2 rings (SSSR count). The summed E-state index contributed by atoms with van der Waals surface area (Å²) in [5, 5.41) is 20.4. The van der Waals surface area contributed by atoms with Crippen molar-refractivity contribution in [2.45, 2.75) is 69.9 Å². The minimum absolute atomic E-state index is 0.118. The highest BCUT2D eigenvalue weighted by Gasteiger charge is 2.76. The van der Waals surface area contributed by atoms with Gasteiger partial charge in [0.2, 0.25) is 0 Å². The number of hydrogen-bond donors (Lipinski definition) is 2. The van der Waals surface area contributed by atoms with E-state index in [1.54, 1.807) is 0 Å². The number of aliphatic hydroxyl groups excluding tert-OH is 2. The number of carbonyl (C=O) groups excluding carboxylic acids is 1. The maximum atomic E-state index is 10.6. The largest absolute Gasteiger partial charge is 0.458 e. The van der Waals surface area contributed by atoms with Crippen LogP contribution in [0.3, 0.4) is 0 Å². The number of rotatable bonds is 5. The molecule has 0 aromatic heterocycles. The first-order chi connectivity index (χ1) is 8.86. The Balaban J connectivity index is 2.11. The van der Waals surface area contributed by atoms with Crippen LogP contribution in [0, 0.1) is 5.92 Å². The zero-order valence-corrected chi connectivity index (χ0v) is 11.6. The summed E-state index contributed by atoms with van der Waals surface area (Å²) in [6.07, 6.45) is -3.76. The molecule has 1 saturated carbocycles. The number of hydrogen-bond acceptors (Lipinski definition) is 6. The van der Waals surface area contributed by atoms with Gasteiger partial charge in [0.05, 0.1) is 12.2 Å². The van der Waals surface area contributed by atoms with Crippen molar-refractivity contribution < 1.29 is 29.2 Å². The first kappa shape index (κ1) is 14.7. The van der Waals surface area contributed by atoms with Crippen molar-refractivity contribution in [2.24, 2.45) is 5.92 Å². The SMILES string of the molecule is CC(C)O[C@@H]1C(OC=O)[C@]2(O[C@@H](C(C)C)C2O)[C@@H]1O. The van der Waals surface area contributed by atoms with E-state index in [9.17, 15) is 15.0 Å². The van der Waals surface area contributed by atoms with Crippen molar-refractivity contribution >= 4 is 6.47 Å². The van der Waals surface area contributed by atoms with Gasteiger partial charge in [-0.15, -0.1) is 0 Å². The van der Waals surface area contributed by atoms with Crippen LogP contribution < -0.4 is 0 Å². The molecule has 2 aliphatic rings. The second-order valence-electron chi connectivity index (χ2n) is 5.87. The van der Waals surface area contributed by atoms with E-state index in [0.29, 0.717) is 6.47 Å². The molecule has 1 saturated heterocycles. The first-order valence-electron chi connectivity index (χ1n) is 6.64. The Morgan fingerprint density at radius 1 is 1.21 bits per heavy atom. The van der Waals surface area contributed by atoms with Crippen molar-refractivity contribution in [1.82, 2.24) is 0 Å². The Morgan fingerprint density at radius 3 is 2.26 bits per heavy atom. The smallest absolute Gasteiger partial charge is 0.293 e. The van der Waals surface area contributed by atoms with Gasteiger partial charge in [0.15, 0.2) is 11.7 Å². The summed E-state index contributed by atoms with van der Waals surface area (Å²) in [5.41, 5.74) is -1.23. The number of aliphatic hydroxyl groups is 2. The Labute approximate surface area is 112 Å². The quantitative estimate of drug-likeness (QED) is 0.678. The summed E-state index contributed by atoms with van der Waals surface area (Å²) < 4.78 is 16.1. The Morgan fingerprint density at radius 2 is 1.84 bits per heavy atom. The zero-order chi connectivity index (χ0) is 14.4. The monoisotopic (exact) mass is 274 g/mol. The third-order valence-electron chi connectivity index (χ3n) is 3.92. The highest BCUT2D eigenvalue weighted by atomic mass is 16.6.